The fourth-order valence-electron chi connectivity index (χ4n) is 3.95. The summed E-state index contributed by atoms with van der Waals surface area (Å²) in [5.74, 6) is 0.894. The molecule has 2 aliphatic heterocycles. The molecule has 3 rings (SSSR count). The fourth-order valence-corrected chi connectivity index (χ4v) is 3.95. The molecule has 0 aromatic carbocycles. The van der Waals surface area contributed by atoms with Crippen molar-refractivity contribution < 1.29 is 4.48 Å². The van der Waals surface area contributed by atoms with Crippen molar-refractivity contribution in [1.29, 1.82) is 0 Å². The van der Waals surface area contributed by atoms with Crippen molar-refractivity contribution in [2.24, 2.45) is 0 Å². The zero-order valence-corrected chi connectivity index (χ0v) is 14.9. The van der Waals surface area contributed by atoms with Crippen molar-refractivity contribution in [3.63, 3.8) is 0 Å². The number of aryl methyl sites for hydroxylation is 1. The number of anilines is 2. The number of fused-ring (bicyclic) bond motifs is 1. The van der Waals surface area contributed by atoms with Gasteiger partial charge in [-0.25, -0.2) is 0 Å². The molecule has 0 amide bonds. The molecule has 0 radical (unpaired) electrons. The van der Waals surface area contributed by atoms with Gasteiger partial charge in [-0.2, -0.15) is 5.10 Å². The van der Waals surface area contributed by atoms with Crippen LogP contribution in [-0.4, -0.2) is 72.0 Å². The normalized spacial score (nSPS) is 21.1. The second-order valence-corrected chi connectivity index (χ2v) is 7.45. The predicted molar refractivity (Wildman–Crippen MR) is 95.6 cm³/mol. The Hall–Kier alpha value is -1.27. The second kappa shape index (κ2) is 7.09. The van der Waals surface area contributed by atoms with E-state index in [1.807, 2.05) is 0 Å². The van der Waals surface area contributed by atoms with Crippen molar-refractivity contribution >= 4 is 11.5 Å². The van der Waals surface area contributed by atoms with Gasteiger partial charge in [0.15, 0.2) is 5.82 Å². The second-order valence-electron chi connectivity index (χ2n) is 7.45. The topological polar surface area (TPSA) is 59.1 Å². The van der Waals surface area contributed by atoms with E-state index in [0.29, 0.717) is 0 Å². The molecule has 0 atom stereocenters. The number of rotatable bonds is 6. The Labute approximate surface area is 140 Å². The number of nitrogen functional groups attached to an aromatic ring is 1. The van der Waals surface area contributed by atoms with Crippen molar-refractivity contribution in [3.8, 4) is 0 Å². The molecule has 6 heteroatoms. The molecular formula is C17H33N6+. The molecule has 3 N–H and O–H groups in total. The quantitative estimate of drug-likeness (QED) is 0.777. The van der Waals surface area contributed by atoms with Crippen LogP contribution >= 0.6 is 0 Å². The highest BCUT2D eigenvalue weighted by Crippen LogP contribution is 2.26. The van der Waals surface area contributed by atoms with E-state index in [4.69, 9.17) is 5.73 Å². The van der Waals surface area contributed by atoms with Gasteiger partial charge in [-0.3, -0.25) is 9.58 Å². The minimum atomic E-state index is 0.871. The lowest BCUT2D eigenvalue weighted by atomic mass is 10.1. The van der Waals surface area contributed by atoms with E-state index in [1.165, 1.54) is 62.2 Å². The first kappa shape index (κ1) is 16.6. The van der Waals surface area contributed by atoms with Gasteiger partial charge in [0.25, 0.3) is 0 Å². The fraction of sp³-hybridized carbons (Fsp3) is 0.824. The summed E-state index contributed by atoms with van der Waals surface area (Å²) < 4.78 is 3.33. The average Bonchev–Trinajstić information content (AvgIpc) is 2.87. The van der Waals surface area contributed by atoms with Crippen LogP contribution in [0.3, 0.4) is 0 Å². The van der Waals surface area contributed by atoms with Crippen molar-refractivity contribution in [3.05, 3.63) is 5.69 Å². The Morgan fingerprint density at radius 2 is 2.00 bits per heavy atom. The highest BCUT2D eigenvalue weighted by Gasteiger charge is 2.27. The van der Waals surface area contributed by atoms with E-state index in [-0.39, 0.29) is 0 Å². The molecule has 130 valence electrons. The molecule has 0 saturated carbocycles. The molecule has 6 nitrogen and oxygen atoms in total. The number of nitrogens with one attached hydrogen (secondary N) is 1. The third-order valence-electron chi connectivity index (χ3n) is 5.53. The van der Waals surface area contributed by atoms with Gasteiger partial charge < -0.3 is 15.5 Å². The number of aromatic nitrogens is 2. The smallest absolute Gasteiger partial charge is 0.171 e. The number of nitrogens with two attached hydrogens (primary N) is 1. The van der Waals surface area contributed by atoms with Crippen LogP contribution in [0.4, 0.5) is 11.5 Å². The van der Waals surface area contributed by atoms with Crippen molar-refractivity contribution in [2.45, 2.75) is 39.2 Å². The minimum Gasteiger partial charge on any atom is -0.394 e. The van der Waals surface area contributed by atoms with E-state index in [9.17, 15) is 0 Å². The third kappa shape index (κ3) is 3.80. The molecule has 0 unspecified atom stereocenters. The highest BCUT2D eigenvalue weighted by molar-refractivity contribution is 5.64. The molecular weight excluding hydrogens is 288 g/mol. The molecule has 0 aliphatic carbocycles. The van der Waals surface area contributed by atoms with E-state index in [0.717, 1.165) is 37.6 Å². The first-order valence-electron chi connectivity index (χ1n) is 9.26. The maximum absolute atomic E-state index is 6.25. The number of piperazine rings is 1. The van der Waals surface area contributed by atoms with E-state index in [2.05, 4.69) is 34.0 Å². The largest absolute Gasteiger partial charge is 0.394 e. The summed E-state index contributed by atoms with van der Waals surface area (Å²) in [6.45, 7) is 11.6. The van der Waals surface area contributed by atoms with Gasteiger partial charge in [0.05, 0.1) is 38.1 Å². The molecule has 1 fully saturated rings. The molecule has 23 heavy (non-hydrogen) atoms. The summed E-state index contributed by atoms with van der Waals surface area (Å²) >= 11 is 0. The zero-order chi connectivity index (χ0) is 16.3. The van der Waals surface area contributed by atoms with Crippen LogP contribution in [0.5, 0.6) is 0 Å². The van der Waals surface area contributed by atoms with Gasteiger partial charge in [0.2, 0.25) is 0 Å². The summed E-state index contributed by atoms with van der Waals surface area (Å²) in [5.41, 5.74) is 8.35. The lowest BCUT2D eigenvalue weighted by Crippen LogP contribution is -2.57. The van der Waals surface area contributed by atoms with Crippen LogP contribution in [0.2, 0.25) is 0 Å². The van der Waals surface area contributed by atoms with Crippen LogP contribution in [-0.2, 0) is 13.0 Å². The molecule has 0 spiro atoms. The molecule has 1 aromatic heterocycles. The average molecular weight is 321 g/mol. The maximum Gasteiger partial charge on any atom is 0.171 e. The maximum atomic E-state index is 6.25. The Kier molecular flexibility index (Phi) is 5.11. The Bertz CT molecular complexity index is 515. The molecule has 2 aliphatic rings. The summed E-state index contributed by atoms with van der Waals surface area (Å²) in [6.07, 6.45) is 4.80. The summed E-state index contributed by atoms with van der Waals surface area (Å²) in [7, 11) is 2.40. The summed E-state index contributed by atoms with van der Waals surface area (Å²) in [5, 5.41) is 8.10. The monoisotopic (exact) mass is 321 g/mol. The number of nitrogens with zero attached hydrogens (tertiary/aromatic N) is 4. The molecule has 0 bridgehead atoms. The summed E-state index contributed by atoms with van der Waals surface area (Å²) in [4.78, 5) is 2.56. The van der Waals surface area contributed by atoms with Crippen LogP contribution in [0.25, 0.3) is 0 Å². The Morgan fingerprint density at radius 1 is 1.22 bits per heavy atom. The van der Waals surface area contributed by atoms with Gasteiger partial charge in [-0.05, 0) is 25.7 Å². The van der Waals surface area contributed by atoms with E-state index in [1.54, 1.807) is 0 Å². The Balaban J connectivity index is 1.45. The number of likely N-dealkylation sites (N-methyl/N-ethyl adjacent to an activating group) is 1. The van der Waals surface area contributed by atoms with Gasteiger partial charge in [0, 0.05) is 32.7 Å². The van der Waals surface area contributed by atoms with Crippen molar-refractivity contribution in [1.82, 2.24) is 14.7 Å². The van der Waals surface area contributed by atoms with E-state index < -0.39 is 0 Å². The first-order chi connectivity index (χ1) is 11.1. The molecule has 3 heterocycles. The summed E-state index contributed by atoms with van der Waals surface area (Å²) in [6, 6.07) is 0. The number of hydrogen-bond acceptors (Lipinski definition) is 4. The number of quaternary nitrogens is 1. The van der Waals surface area contributed by atoms with E-state index >= 15 is 0 Å². The van der Waals surface area contributed by atoms with Gasteiger partial charge in [-0.1, -0.05) is 6.92 Å². The van der Waals surface area contributed by atoms with Gasteiger partial charge in [0.1, 0.15) is 0 Å². The number of hydrogen-bond donors (Lipinski definition) is 2. The molecule has 1 aromatic rings. The zero-order valence-electron chi connectivity index (χ0n) is 14.9. The van der Waals surface area contributed by atoms with Gasteiger partial charge in [-0.15, -0.1) is 0 Å². The highest BCUT2D eigenvalue weighted by atomic mass is 15.4. The lowest BCUT2D eigenvalue weighted by Gasteiger charge is -2.42. The van der Waals surface area contributed by atoms with Crippen LogP contribution in [0.1, 0.15) is 31.9 Å². The standard InChI is InChI=1S/C17H33N6/c1-3-12-23(2)13-10-21(11-14-23)9-7-19-17-16(18)15-6-4-5-8-22(15)20-17/h3-14,18H2,1-2H3,(H,19,20)/q+1. The third-order valence-corrected chi connectivity index (χ3v) is 5.53. The lowest BCUT2D eigenvalue weighted by molar-refractivity contribution is -0.913. The minimum absolute atomic E-state index is 0.871. The van der Waals surface area contributed by atoms with Crippen LogP contribution in [0, 0.1) is 0 Å². The van der Waals surface area contributed by atoms with Gasteiger partial charge >= 0.3 is 0 Å². The van der Waals surface area contributed by atoms with Crippen LogP contribution in [0.15, 0.2) is 0 Å². The molecule has 1 saturated heterocycles. The first-order valence-corrected chi connectivity index (χ1v) is 9.26. The van der Waals surface area contributed by atoms with Crippen molar-refractivity contribution in [2.75, 3.05) is 63.9 Å². The van der Waals surface area contributed by atoms with Crippen LogP contribution < -0.4 is 11.1 Å². The SMILES string of the molecule is CCC[N+]1(C)CCN(CCNc2nn3c(c2N)CCCC3)CC1. The Morgan fingerprint density at radius 3 is 2.70 bits per heavy atom. The predicted octanol–water partition coefficient (Wildman–Crippen LogP) is 1.39.